The first-order valence-corrected chi connectivity index (χ1v) is 10.2. The van der Waals surface area contributed by atoms with E-state index in [1.54, 1.807) is 30.1 Å². The molecule has 0 spiro atoms. The quantitative estimate of drug-likeness (QED) is 0.612. The van der Waals surface area contributed by atoms with Crippen molar-refractivity contribution in [3.63, 3.8) is 0 Å². The van der Waals surface area contributed by atoms with E-state index >= 15 is 0 Å². The van der Waals surface area contributed by atoms with Crippen LogP contribution in [0.3, 0.4) is 0 Å². The second-order valence-electron chi connectivity index (χ2n) is 6.66. The highest BCUT2D eigenvalue weighted by molar-refractivity contribution is 7.91. The lowest BCUT2D eigenvalue weighted by Gasteiger charge is -2.19. The Morgan fingerprint density at radius 2 is 2.00 bits per heavy atom. The molecule has 0 atom stereocenters. The number of carbonyl (C=O) groups is 2. The number of hydrogen-bond acceptors (Lipinski definition) is 5. The highest BCUT2D eigenvalue weighted by Gasteiger charge is 2.33. The summed E-state index contributed by atoms with van der Waals surface area (Å²) in [7, 11) is -3.26. The van der Waals surface area contributed by atoms with Gasteiger partial charge in [-0.05, 0) is 55.5 Å². The van der Waals surface area contributed by atoms with Crippen LogP contribution in [0, 0.1) is 6.92 Å². The number of Topliss-reactive ketones (excluding diaryl/α,β-unsaturated/α-hetero) is 2. The Morgan fingerprint density at radius 3 is 2.73 bits per heavy atom. The molecule has 0 radical (unpaired) electrons. The van der Waals surface area contributed by atoms with E-state index in [0.717, 1.165) is 0 Å². The van der Waals surface area contributed by atoms with E-state index in [0.29, 0.717) is 53.0 Å². The minimum Gasteiger partial charge on any atom is -0.294 e. The summed E-state index contributed by atoms with van der Waals surface area (Å²) in [5, 5.41) is 4.18. The van der Waals surface area contributed by atoms with E-state index in [2.05, 4.69) is 5.10 Å². The van der Waals surface area contributed by atoms with Crippen molar-refractivity contribution in [3.05, 3.63) is 52.9 Å². The molecule has 1 aromatic heterocycles. The maximum Gasteiger partial charge on any atom is 0.198 e. The maximum atomic E-state index is 13.2. The zero-order valence-electron chi connectivity index (χ0n) is 14.4. The van der Waals surface area contributed by atoms with Crippen LogP contribution in [0.2, 0.25) is 0 Å². The van der Waals surface area contributed by atoms with Crippen molar-refractivity contribution in [2.45, 2.75) is 37.5 Å². The molecule has 0 amide bonds. The molecule has 0 saturated heterocycles. The molecule has 1 aliphatic carbocycles. The predicted octanol–water partition coefficient (Wildman–Crippen LogP) is 2.37. The molecule has 1 aromatic carbocycles. The Hall–Kier alpha value is -2.54. The van der Waals surface area contributed by atoms with Crippen LogP contribution in [0.4, 0.5) is 0 Å². The van der Waals surface area contributed by atoms with Crippen LogP contribution in [0.25, 0.3) is 5.70 Å². The highest BCUT2D eigenvalue weighted by atomic mass is 32.2. The summed E-state index contributed by atoms with van der Waals surface area (Å²) in [5.74, 6) is -0.454. The normalized spacial score (nSPS) is 18.9. The summed E-state index contributed by atoms with van der Waals surface area (Å²) in [6, 6.07) is 4.79. The van der Waals surface area contributed by atoms with Crippen molar-refractivity contribution in [2.75, 3.05) is 5.75 Å². The van der Waals surface area contributed by atoms with Crippen LogP contribution in [0.1, 0.15) is 40.7 Å². The molecular formula is C19H18N2O4S. The first-order valence-electron chi connectivity index (χ1n) is 8.56. The second kappa shape index (κ2) is 6.02. The number of sulfone groups is 1. The molecule has 7 heteroatoms. The van der Waals surface area contributed by atoms with Gasteiger partial charge in [0, 0.05) is 24.4 Å². The van der Waals surface area contributed by atoms with Gasteiger partial charge in [0.25, 0.3) is 0 Å². The minimum absolute atomic E-state index is 0.0704. The molecule has 0 fully saturated rings. The molecule has 0 N–H and O–H groups in total. The van der Waals surface area contributed by atoms with Gasteiger partial charge < -0.3 is 0 Å². The lowest BCUT2D eigenvalue weighted by atomic mass is 9.87. The van der Waals surface area contributed by atoms with Gasteiger partial charge in [-0.15, -0.1) is 0 Å². The lowest BCUT2D eigenvalue weighted by molar-refractivity contribution is -0.115. The molecule has 134 valence electrons. The van der Waals surface area contributed by atoms with Gasteiger partial charge in [-0.1, -0.05) is 0 Å². The number of aromatic nitrogens is 2. The largest absolute Gasteiger partial charge is 0.294 e. The van der Waals surface area contributed by atoms with Crippen LogP contribution in [-0.2, 0) is 21.1 Å². The number of ketones is 2. The molecular weight excluding hydrogens is 352 g/mol. The second-order valence-corrected chi connectivity index (χ2v) is 8.74. The topological polar surface area (TPSA) is 86.1 Å². The summed E-state index contributed by atoms with van der Waals surface area (Å²) < 4.78 is 25.8. The van der Waals surface area contributed by atoms with Crippen molar-refractivity contribution in [1.29, 1.82) is 0 Å². The average Bonchev–Trinajstić information content (AvgIpc) is 3.23. The number of allylic oxidation sites excluding steroid dienone is 2. The molecule has 2 aliphatic rings. The third-order valence-corrected chi connectivity index (χ3v) is 6.94. The molecule has 6 nitrogen and oxygen atoms in total. The van der Waals surface area contributed by atoms with Gasteiger partial charge in [0.15, 0.2) is 21.4 Å². The lowest BCUT2D eigenvalue weighted by Crippen LogP contribution is -2.22. The summed E-state index contributed by atoms with van der Waals surface area (Å²) in [5.41, 5.74) is 2.53. The van der Waals surface area contributed by atoms with Gasteiger partial charge in [-0.2, -0.15) is 5.10 Å². The molecule has 2 heterocycles. The fourth-order valence-electron chi connectivity index (χ4n) is 3.80. The third-order valence-electron chi connectivity index (χ3n) is 5.15. The summed E-state index contributed by atoms with van der Waals surface area (Å²) in [6.07, 6.45) is 5.37. The smallest absolute Gasteiger partial charge is 0.198 e. The highest BCUT2D eigenvalue weighted by Crippen LogP contribution is 2.33. The predicted molar refractivity (Wildman–Crippen MR) is 95.6 cm³/mol. The van der Waals surface area contributed by atoms with Gasteiger partial charge >= 0.3 is 0 Å². The Kier molecular flexibility index (Phi) is 3.91. The number of carbonyl (C=O) groups excluding carboxylic acids is 2. The minimum atomic E-state index is -3.26. The van der Waals surface area contributed by atoms with Gasteiger partial charge in [0.05, 0.1) is 21.9 Å². The first kappa shape index (κ1) is 16.9. The number of fused-ring (bicyclic) bond motifs is 1. The van der Waals surface area contributed by atoms with E-state index < -0.39 is 9.84 Å². The summed E-state index contributed by atoms with van der Waals surface area (Å²) >= 11 is 0. The number of hydrogen-bond donors (Lipinski definition) is 0. The van der Waals surface area contributed by atoms with Crippen LogP contribution < -0.4 is 0 Å². The Labute approximate surface area is 151 Å². The molecule has 26 heavy (non-hydrogen) atoms. The van der Waals surface area contributed by atoms with Gasteiger partial charge in [0.2, 0.25) is 0 Å². The molecule has 0 bridgehead atoms. The standard InChI is InChI=1S/C19H18N2O4S/c1-12-13-8-11-26(24,25)17(13)7-6-14(12)19(23)18-15(4-2-5-16(18)22)21-10-3-9-20-21/h3,6-7,9-10H,2,4-5,8,11H2,1H3. The summed E-state index contributed by atoms with van der Waals surface area (Å²) in [6.45, 7) is 1.76. The molecule has 0 saturated carbocycles. The van der Waals surface area contributed by atoms with E-state index in [1.807, 2.05) is 0 Å². The monoisotopic (exact) mass is 370 g/mol. The van der Waals surface area contributed by atoms with Crippen LogP contribution >= 0.6 is 0 Å². The van der Waals surface area contributed by atoms with Crippen molar-refractivity contribution < 1.29 is 18.0 Å². The zero-order valence-corrected chi connectivity index (χ0v) is 15.2. The average molecular weight is 370 g/mol. The SMILES string of the molecule is Cc1c(C(=O)C2=C(n3cccn3)CCCC2=O)ccc2c1CCS2(=O)=O. The fourth-order valence-corrected chi connectivity index (χ4v) is 5.40. The van der Waals surface area contributed by atoms with Crippen molar-refractivity contribution in [3.8, 4) is 0 Å². The molecule has 4 rings (SSSR count). The first-order chi connectivity index (χ1) is 12.4. The Bertz CT molecular complexity index is 1060. The van der Waals surface area contributed by atoms with E-state index in [4.69, 9.17) is 0 Å². The van der Waals surface area contributed by atoms with Crippen LogP contribution in [0.15, 0.2) is 41.1 Å². The van der Waals surface area contributed by atoms with E-state index in [1.165, 1.54) is 12.1 Å². The Balaban J connectivity index is 1.86. The van der Waals surface area contributed by atoms with Gasteiger partial charge in [0.1, 0.15) is 0 Å². The van der Waals surface area contributed by atoms with E-state index in [9.17, 15) is 18.0 Å². The van der Waals surface area contributed by atoms with Crippen molar-refractivity contribution in [2.24, 2.45) is 0 Å². The maximum absolute atomic E-state index is 13.2. The van der Waals surface area contributed by atoms with Gasteiger partial charge in [-0.25, -0.2) is 13.1 Å². The molecule has 2 aromatic rings. The van der Waals surface area contributed by atoms with Crippen molar-refractivity contribution >= 4 is 27.1 Å². The number of rotatable bonds is 3. The van der Waals surface area contributed by atoms with E-state index in [-0.39, 0.29) is 22.9 Å². The van der Waals surface area contributed by atoms with Crippen LogP contribution in [0.5, 0.6) is 0 Å². The third kappa shape index (κ3) is 2.54. The molecule has 1 aliphatic heterocycles. The van der Waals surface area contributed by atoms with Crippen LogP contribution in [-0.4, -0.2) is 35.5 Å². The summed E-state index contributed by atoms with van der Waals surface area (Å²) in [4.78, 5) is 26.1. The fraction of sp³-hybridized carbons (Fsp3) is 0.316. The van der Waals surface area contributed by atoms with Gasteiger partial charge in [-0.3, -0.25) is 9.59 Å². The zero-order chi connectivity index (χ0) is 18.5. The number of nitrogens with zero attached hydrogens (tertiary/aromatic N) is 2. The van der Waals surface area contributed by atoms with Crippen molar-refractivity contribution in [1.82, 2.24) is 9.78 Å². The molecule has 0 unspecified atom stereocenters. The number of benzene rings is 1. The Morgan fingerprint density at radius 1 is 1.19 bits per heavy atom.